The van der Waals surface area contributed by atoms with E-state index in [4.69, 9.17) is 0 Å². The van der Waals surface area contributed by atoms with Gasteiger partial charge in [-0.25, -0.2) is 28.1 Å². The standard InChI is InChI=1S/C28H25F2N7O3/c1-3-21(39)35-11-12-36(15(2)14-35)25-17-13-19(30)24(22-18(29)5-4-6-20(22)38)33-26(17)37(28(40)34-25)27-23(16-7-8-16)31-9-10-32-27/h3-6,9-10,13,15-16,38H,1,7-8,11-12,14H2,2H3/t15-/m0/s1. The van der Waals surface area contributed by atoms with Gasteiger partial charge in [-0.05, 0) is 44.0 Å². The van der Waals surface area contributed by atoms with Gasteiger partial charge in [-0.15, -0.1) is 0 Å². The van der Waals surface area contributed by atoms with Crippen molar-refractivity contribution in [2.75, 3.05) is 24.5 Å². The Balaban J connectivity index is 1.61. The lowest BCUT2D eigenvalue weighted by Crippen LogP contribution is -2.54. The minimum atomic E-state index is -0.907. The number of nitrogens with zero attached hydrogens (tertiary/aromatic N) is 7. The Labute approximate surface area is 227 Å². The van der Waals surface area contributed by atoms with E-state index in [2.05, 4.69) is 26.5 Å². The van der Waals surface area contributed by atoms with Crippen LogP contribution >= 0.6 is 0 Å². The average molecular weight is 546 g/mol. The van der Waals surface area contributed by atoms with Crippen LogP contribution in [0.2, 0.25) is 0 Å². The number of halogens is 2. The minimum absolute atomic E-state index is 0.00625. The third kappa shape index (κ3) is 4.25. The molecule has 1 aromatic carbocycles. The van der Waals surface area contributed by atoms with Gasteiger partial charge in [0.05, 0.1) is 16.6 Å². The molecule has 6 rings (SSSR count). The number of hydrogen-bond acceptors (Lipinski definition) is 8. The highest BCUT2D eigenvalue weighted by Crippen LogP contribution is 2.41. The molecular weight excluding hydrogens is 520 g/mol. The van der Waals surface area contributed by atoms with Crippen LogP contribution in [0.15, 0.2) is 54.1 Å². The highest BCUT2D eigenvalue weighted by molar-refractivity contribution is 5.91. The largest absolute Gasteiger partial charge is 0.507 e. The molecule has 1 aliphatic heterocycles. The molecule has 10 nitrogen and oxygen atoms in total. The monoisotopic (exact) mass is 545 g/mol. The SMILES string of the molecule is C=CC(=O)N1CCN(c2nc(=O)n(-c3nccnc3C3CC3)c3nc(-c4c(O)cccc4F)c(F)cc23)[C@@H](C)C1. The smallest absolute Gasteiger partial charge is 0.357 e. The van der Waals surface area contributed by atoms with Crippen LogP contribution in [0.3, 0.4) is 0 Å². The van der Waals surface area contributed by atoms with Gasteiger partial charge >= 0.3 is 5.69 Å². The van der Waals surface area contributed by atoms with Crippen LogP contribution < -0.4 is 10.6 Å². The number of aromatic hydroxyl groups is 1. The van der Waals surface area contributed by atoms with Gasteiger partial charge in [-0.3, -0.25) is 9.78 Å². The molecule has 1 aliphatic carbocycles. The third-order valence-corrected chi connectivity index (χ3v) is 7.30. The second-order valence-electron chi connectivity index (χ2n) is 9.95. The van der Waals surface area contributed by atoms with Gasteiger partial charge in [0.1, 0.15) is 23.1 Å². The number of anilines is 1. The van der Waals surface area contributed by atoms with E-state index in [1.807, 2.05) is 11.8 Å². The van der Waals surface area contributed by atoms with Crippen molar-refractivity contribution in [1.82, 2.24) is 29.4 Å². The van der Waals surface area contributed by atoms with Gasteiger partial charge in [0.2, 0.25) is 5.91 Å². The van der Waals surface area contributed by atoms with Gasteiger partial charge in [0.25, 0.3) is 0 Å². The summed E-state index contributed by atoms with van der Waals surface area (Å²) in [7, 11) is 0. The van der Waals surface area contributed by atoms with Crippen LogP contribution in [0.5, 0.6) is 5.75 Å². The van der Waals surface area contributed by atoms with Gasteiger partial charge in [0, 0.05) is 44.0 Å². The molecule has 1 N–H and O–H groups in total. The molecule has 1 saturated carbocycles. The Morgan fingerprint density at radius 1 is 1.10 bits per heavy atom. The lowest BCUT2D eigenvalue weighted by molar-refractivity contribution is -0.126. The first-order valence-corrected chi connectivity index (χ1v) is 12.9. The molecule has 1 atom stereocenters. The summed E-state index contributed by atoms with van der Waals surface area (Å²) in [5, 5.41) is 10.6. The summed E-state index contributed by atoms with van der Waals surface area (Å²) >= 11 is 0. The second kappa shape index (κ2) is 9.78. The van der Waals surface area contributed by atoms with Crippen LogP contribution in [-0.4, -0.2) is 66.1 Å². The number of phenolic OH excluding ortho intramolecular Hbond substituents is 1. The fraction of sp³-hybridized carbons (Fsp3) is 0.286. The summed E-state index contributed by atoms with van der Waals surface area (Å²) in [5.41, 5.74) is -1.02. The fourth-order valence-electron chi connectivity index (χ4n) is 5.20. The number of aromatic nitrogens is 5. The number of carbonyl (C=O) groups excluding carboxylic acids is 1. The molecule has 0 spiro atoms. The molecule has 4 heterocycles. The quantitative estimate of drug-likeness (QED) is 0.380. The van der Waals surface area contributed by atoms with E-state index in [0.717, 1.165) is 25.0 Å². The third-order valence-electron chi connectivity index (χ3n) is 7.30. The molecule has 2 aliphatic rings. The highest BCUT2D eigenvalue weighted by atomic mass is 19.1. The lowest BCUT2D eigenvalue weighted by atomic mass is 10.1. The van der Waals surface area contributed by atoms with Crippen LogP contribution in [0.4, 0.5) is 14.6 Å². The maximum Gasteiger partial charge on any atom is 0.357 e. The number of carbonyl (C=O) groups is 1. The molecule has 3 aromatic heterocycles. The van der Waals surface area contributed by atoms with E-state index >= 15 is 4.39 Å². The Bertz CT molecular complexity index is 1720. The van der Waals surface area contributed by atoms with E-state index in [0.29, 0.717) is 25.3 Å². The van der Waals surface area contributed by atoms with Crippen molar-refractivity contribution in [3.63, 3.8) is 0 Å². The first-order chi connectivity index (χ1) is 19.3. The first-order valence-electron chi connectivity index (χ1n) is 12.9. The van der Waals surface area contributed by atoms with E-state index in [1.54, 1.807) is 4.90 Å². The zero-order valence-electron chi connectivity index (χ0n) is 21.6. The zero-order chi connectivity index (χ0) is 28.1. The minimum Gasteiger partial charge on any atom is -0.507 e. The van der Waals surface area contributed by atoms with E-state index < -0.39 is 34.3 Å². The van der Waals surface area contributed by atoms with Gasteiger partial charge in [0.15, 0.2) is 17.3 Å². The summed E-state index contributed by atoms with van der Waals surface area (Å²) in [6.45, 7) is 6.41. The first kappa shape index (κ1) is 25.5. The molecule has 40 heavy (non-hydrogen) atoms. The molecule has 1 saturated heterocycles. The molecule has 0 unspecified atom stereocenters. The molecule has 12 heteroatoms. The van der Waals surface area contributed by atoms with E-state index in [1.165, 1.54) is 35.2 Å². The van der Waals surface area contributed by atoms with Crippen molar-refractivity contribution in [3.05, 3.63) is 77.1 Å². The van der Waals surface area contributed by atoms with E-state index in [-0.39, 0.29) is 40.5 Å². The molecule has 1 amide bonds. The Morgan fingerprint density at radius 2 is 1.88 bits per heavy atom. The summed E-state index contributed by atoms with van der Waals surface area (Å²) in [5.74, 6) is -1.98. The number of fused-ring (bicyclic) bond motifs is 1. The summed E-state index contributed by atoms with van der Waals surface area (Å²) in [6, 6.07) is 4.48. The fourth-order valence-corrected chi connectivity index (χ4v) is 5.20. The number of benzene rings is 1. The van der Waals surface area contributed by atoms with E-state index in [9.17, 15) is 19.1 Å². The number of piperazine rings is 1. The maximum absolute atomic E-state index is 15.7. The number of hydrogen-bond donors (Lipinski definition) is 1. The topological polar surface area (TPSA) is 117 Å². The second-order valence-corrected chi connectivity index (χ2v) is 9.95. The zero-order valence-corrected chi connectivity index (χ0v) is 21.6. The Hall–Kier alpha value is -4.74. The summed E-state index contributed by atoms with van der Waals surface area (Å²) in [6.07, 6.45) is 5.98. The van der Waals surface area contributed by atoms with Crippen LogP contribution in [-0.2, 0) is 4.79 Å². The molecule has 2 fully saturated rings. The number of amides is 1. The predicted octanol–water partition coefficient (Wildman–Crippen LogP) is 3.32. The highest BCUT2D eigenvalue weighted by Gasteiger charge is 2.33. The van der Waals surface area contributed by atoms with Gasteiger partial charge in [-0.2, -0.15) is 4.98 Å². The Kier molecular flexibility index (Phi) is 6.24. The van der Waals surface area contributed by atoms with Gasteiger partial charge < -0.3 is 14.9 Å². The van der Waals surface area contributed by atoms with Crippen molar-refractivity contribution in [2.24, 2.45) is 0 Å². The predicted molar refractivity (Wildman–Crippen MR) is 143 cm³/mol. The molecule has 0 bridgehead atoms. The van der Waals surface area contributed by atoms with Gasteiger partial charge in [-0.1, -0.05) is 12.6 Å². The molecule has 0 radical (unpaired) electrons. The molecular formula is C28H25F2N7O3. The van der Waals surface area contributed by atoms with Crippen molar-refractivity contribution < 1.29 is 18.7 Å². The van der Waals surface area contributed by atoms with Crippen molar-refractivity contribution in [1.29, 1.82) is 0 Å². The summed E-state index contributed by atoms with van der Waals surface area (Å²) in [4.78, 5) is 47.0. The van der Waals surface area contributed by atoms with Crippen LogP contribution in [0.25, 0.3) is 28.1 Å². The van der Waals surface area contributed by atoms with Crippen LogP contribution in [0, 0.1) is 11.6 Å². The number of phenols is 1. The van der Waals surface area contributed by atoms with Crippen molar-refractivity contribution in [3.8, 4) is 22.8 Å². The van der Waals surface area contributed by atoms with Crippen molar-refractivity contribution >= 4 is 22.8 Å². The average Bonchev–Trinajstić information content (AvgIpc) is 3.78. The Morgan fingerprint density at radius 3 is 2.58 bits per heavy atom. The summed E-state index contributed by atoms with van der Waals surface area (Å²) < 4.78 is 31.7. The lowest BCUT2D eigenvalue weighted by Gasteiger charge is -2.40. The number of pyridine rings is 1. The normalized spacial score (nSPS) is 17.3. The van der Waals surface area contributed by atoms with Crippen LogP contribution in [0.1, 0.15) is 31.4 Å². The molecule has 4 aromatic rings. The van der Waals surface area contributed by atoms with Crippen molar-refractivity contribution in [2.45, 2.75) is 31.7 Å². The molecule has 204 valence electrons. The maximum atomic E-state index is 15.7. The number of rotatable bonds is 5.